The Morgan fingerprint density at radius 2 is 2.19 bits per heavy atom. The molecule has 0 bridgehead atoms. The fourth-order valence-corrected chi connectivity index (χ4v) is 3.07. The molecule has 1 N–H and O–H groups in total. The lowest BCUT2D eigenvalue weighted by Crippen LogP contribution is -2.21. The summed E-state index contributed by atoms with van der Waals surface area (Å²) < 4.78 is 13.8. The number of halogens is 1. The Labute approximate surface area is 129 Å². The first-order valence-corrected chi connectivity index (χ1v) is 8.35. The van der Waals surface area contributed by atoms with Crippen molar-refractivity contribution in [2.24, 2.45) is 0 Å². The first-order chi connectivity index (χ1) is 10.2. The molecule has 1 aliphatic carbocycles. The average Bonchev–Trinajstić information content (AvgIpc) is 3.16. The largest absolute Gasteiger partial charge is 0.374 e. The molecule has 112 valence electrons. The Hall–Kier alpha value is -1.39. The quantitative estimate of drug-likeness (QED) is 0.836. The third kappa shape index (κ3) is 4.29. The molecule has 1 aromatic carbocycles. The zero-order valence-corrected chi connectivity index (χ0v) is 13.1. The molecule has 1 aromatic heterocycles. The van der Waals surface area contributed by atoms with Crippen LogP contribution >= 0.6 is 11.3 Å². The summed E-state index contributed by atoms with van der Waals surface area (Å²) in [5, 5.41) is 5.53. The predicted molar refractivity (Wildman–Crippen MR) is 87.6 cm³/mol. The van der Waals surface area contributed by atoms with Crippen molar-refractivity contribution in [3.63, 3.8) is 0 Å². The van der Waals surface area contributed by atoms with Crippen molar-refractivity contribution < 1.29 is 4.39 Å². The molecule has 0 radical (unpaired) electrons. The molecule has 1 saturated carbocycles. The normalized spacial score (nSPS) is 14.4. The topological polar surface area (TPSA) is 15.3 Å². The minimum atomic E-state index is -0.150. The maximum absolute atomic E-state index is 13.8. The molecule has 0 saturated heterocycles. The van der Waals surface area contributed by atoms with Crippen molar-refractivity contribution in [3.05, 3.63) is 52.0 Å². The van der Waals surface area contributed by atoms with Gasteiger partial charge in [-0.3, -0.25) is 0 Å². The molecule has 2 aromatic rings. The molecular weight excluding hydrogens is 283 g/mol. The van der Waals surface area contributed by atoms with Gasteiger partial charge in [0.25, 0.3) is 0 Å². The summed E-state index contributed by atoms with van der Waals surface area (Å²) in [6.45, 7) is 1.66. The van der Waals surface area contributed by atoms with Gasteiger partial charge in [0.2, 0.25) is 0 Å². The summed E-state index contributed by atoms with van der Waals surface area (Å²) in [6.07, 6.45) is 3.51. The number of benzene rings is 1. The van der Waals surface area contributed by atoms with Gasteiger partial charge in [0.05, 0.1) is 0 Å². The number of hydrogen-bond acceptors (Lipinski definition) is 3. The monoisotopic (exact) mass is 304 g/mol. The maximum atomic E-state index is 13.8. The average molecular weight is 304 g/mol. The summed E-state index contributed by atoms with van der Waals surface area (Å²) >= 11 is 1.77. The molecule has 0 unspecified atom stereocenters. The highest BCUT2D eigenvalue weighted by molar-refractivity contribution is 7.09. The number of rotatable bonds is 7. The molecule has 3 rings (SSSR count). The molecule has 4 heteroatoms. The zero-order chi connectivity index (χ0) is 14.7. The predicted octanol–water partition coefficient (Wildman–Crippen LogP) is 3.82. The first kappa shape index (κ1) is 14.5. The lowest BCUT2D eigenvalue weighted by Gasteiger charge is -2.20. The highest BCUT2D eigenvalue weighted by atomic mass is 32.1. The van der Waals surface area contributed by atoms with Crippen molar-refractivity contribution in [1.82, 2.24) is 5.32 Å². The Bertz CT molecular complexity index is 578. The number of nitrogens with one attached hydrogen (secondary N) is 1. The number of thiophene rings is 1. The SMILES string of the molecule is CN(CCc1cccs1)c1cc(F)cc(CNC2CC2)c1. The van der Waals surface area contributed by atoms with Gasteiger partial charge in [0, 0.05) is 36.7 Å². The number of anilines is 1. The van der Waals surface area contributed by atoms with Crippen LogP contribution in [0.5, 0.6) is 0 Å². The van der Waals surface area contributed by atoms with Crippen LogP contribution in [0.2, 0.25) is 0 Å². The first-order valence-electron chi connectivity index (χ1n) is 7.47. The summed E-state index contributed by atoms with van der Waals surface area (Å²) in [7, 11) is 2.03. The van der Waals surface area contributed by atoms with Gasteiger partial charge in [-0.15, -0.1) is 11.3 Å². The fraction of sp³-hybridized carbons (Fsp3) is 0.412. The van der Waals surface area contributed by atoms with E-state index in [1.165, 1.54) is 17.7 Å². The fourth-order valence-electron chi connectivity index (χ4n) is 2.37. The Morgan fingerprint density at radius 1 is 1.33 bits per heavy atom. The number of nitrogens with zero attached hydrogens (tertiary/aromatic N) is 1. The second-order valence-corrected chi connectivity index (χ2v) is 6.76. The van der Waals surface area contributed by atoms with Crippen LogP contribution in [0.4, 0.5) is 10.1 Å². The minimum Gasteiger partial charge on any atom is -0.374 e. The van der Waals surface area contributed by atoms with Crippen LogP contribution in [-0.4, -0.2) is 19.6 Å². The molecule has 1 heterocycles. The lowest BCUT2D eigenvalue weighted by atomic mass is 10.1. The Morgan fingerprint density at radius 3 is 2.90 bits per heavy atom. The van der Waals surface area contributed by atoms with Gasteiger partial charge in [-0.2, -0.15) is 0 Å². The van der Waals surface area contributed by atoms with Crippen molar-refractivity contribution >= 4 is 17.0 Å². The summed E-state index contributed by atoms with van der Waals surface area (Å²) in [4.78, 5) is 3.50. The summed E-state index contributed by atoms with van der Waals surface area (Å²) in [5.74, 6) is -0.150. The second-order valence-electron chi connectivity index (χ2n) is 5.72. The van der Waals surface area contributed by atoms with Crippen LogP contribution in [0.1, 0.15) is 23.3 Å². The van der Waals surface area contributed by atoms with Gasteiger partial charge >= 0.3 is 0 Å². The van der Waals surface area contributed by atoms with Crippen molar-refractivity contribution in [3.8, 4) is 0 Å². The van der Waals surface area contributed by atoms with E-state index >= 15 is 0 Å². The third-order valence-electron chi connectivity index (χ3n) is 3.83. The minimum absolute atomic E-state index is 0.150. The van der Waals surface area contributed by atoms with Crippen molar-refractivity contribution in [1.29, 1.82) is 0 Å². The Kier molecular flexibility index (Phi) is 4.56. The summed E-state index contributed by atoms with van der Waals surface area (Å²) in [6, 6.07) is 10.2. The van der Waals surface area contributed by atoms with Gasteiger partial charge in [-0.05, 0) is 54.5 Å². The molecule has 1 fully saturated rings. The van der Waals surface area contributed by atoms with Gasteiger partial charge in [-0.1, -0.05) is 6.07 Å². The summed E-state index contributed by atoms with van der Waals surface area (Å²) in [5.41, 5.74) is 1.99. The van der Waals surface area contributed by atoms with Crippen molar-refractivity contribution in [2.45, 2.75) is 31.8 Å². The van der Waals surface area contributed by atoms with E-state index in [1.54, 1.807) is 23.5 Å². The van der Waals surface area contributed by atoms with Gasteiger partial charge in [-0.25, -0.2) is 4.39 Å². The molecule has 1 aliphatic rings. The lowest BCUT2D eigenvalue weighted by molar-refractivity contribution is 0.619. The highest BCUT2D eigenvalue weighted by Crippen LogP contribution is 2.22. The Balaban J connectivity index is 1.61. The van der Waals surface area contributed by atoms with Crippen LogP contribution in [0.3, 0.4) is 0 Å². The third-order valence-corrected chi connectivity index (χ3v) is 4.77. The van der Waals surface area contributed by atoms with Crippen LogP contribution < -0.4 is 10.2 Å². The molecular formula is C17H21FN2S. The standard InChI is InChI=1S/C17H21FN2S/c1-20(7-6-17-3-2-8-21-17)16-10-13(9-14(18)11-16)12-19-15-4-5-15/h2-3,8-11,15,19H,4-7,12H2,1H3. The van der Waals surface area contributed by atoms with E-state index in [-0.39, 0.29) is 5.82 Å². The van der Waals surface area contributed by atoms with E-state index < -0.39 is 0 Å². The molecule has 0 aliphatic heterocycles. The van der Waals surface area contributed by atoms with E-state index in [0.717, 1.165) is 30.8 Å². The number of hydrogen-bond donors (Lipinski definition) is 1. The molecule has 2 nitrogen and oxygen atoms in total. The van der Waals surface area contributed by atoms with E-state index in [1.807, 2.05) is 7.05 Å². The zero-order valence-electron chi connectivity index (χ0n) is 12.3. The number of likely N-dealkylation sites (N-methyl/N-ethyl adjacent to an activating group) is 1. The molecule has 21 heavy (non-hydrogen) atoms. The smallest absolute Gasteiger partial charge is 0.125 e. The van der Waals surface area contributed by atoms with Crippen molar-refractivity contribution in [2.75, 3.05) is 18.5 Å². The van der Waals surface area contributed by atoms with E-state index in [4.69, 9.17) is 0 Å². The maximum Gasteiger partial charge on any atom is 0.125 e. The van der Waals surface area contributed by atoms with Crippen LogP contribution in [0, 0.1) is 5.82 Å². The second kappa shape index (κ2) is 6.58. The van der Waals surface area contributed by atoms with E-state index in [2.05, 4.69) is 33.8 Å². The molecule has 0 spiro atoms. The van der Waals surface area contributed by atoms with Gasteiger partial charge in [0.1, 0.15) is 5.82 Å². The van der Waals surface area contributed by atoms with Crippen LogP contribution in [0.15, 0.2) is 35.7 Å². The van der Waals surface area contributed by atoms with E-state index in [9.17, 15) is 4.39 Å². The van der Waals surface area contributed by atoms with Crippen LogP contribution in [-0.2, 0) is 13.0 Å². The van der Waals surface area contributed by atoms with Gasteiger partial charge in [0.15, 0.2) is 0 Å². The molecule has 0 amide bonds. The van der Waals surface area contributed by atoms with Gasteiger partial charge < -0.3 is 10.2 Å². The van der Waals surface area contributed by atoms with Crippen LogP contribution in [0.25, 0.3) is 0 Å². The van der Waals surface area contributed by atoms with E-state index in [0.29, 0.717) is 6.04 Å². The molecule has 0 atom stereocenters. The highest BCUT2D eigenvalue weighted by Gasteiger charge is 2.20.